The number of nitro groups is 1. The molecule has 100 valence electrons. The molecule has 1 N–H and O–H groups in total. The largest absolute Gasteiger partial charge is 0.269 e. The summed E-state index contributed by atoms with van der Waals surface area (Å²) in [6, 6.07) is 6.54. The zero-order chi connectivity index (χ0) is 14.1. The van der Waals surface area contributed by atoms with Gasteiger partial charge in [-0.3, -0.25) is 15.2 Å². The highest BCUT2D eigenvalue weighted by Crippen LogP contribution is 2.38. The summed E-state index contributed by atoms with van der Waals surface area (Å²) in [5.74, 6) is 0.705. The molecular weight excluding hydrogens is 276 g/mol. The molecule has 0 atom stereocenters. The molecule has 0 aliphatic heterocycles. The van der Waals surface area contributed by atoms with Crippen LogP contribution >= 0.6 is 11.3 Å². The number of aromatic nitrogens is 3. The van der Waals surface area contributed by atoms with Crippen LogP contribution in [-0.2, 0) is 0 Å². The van der Waals surface area contributed by atoms with Gasteiger partial charge in [-0.1, -0.05) is 0 Å². The lowest BCUT2D eigenvalue weighted by Gasteiger charge is -2.04. The molecule has 7 heteroatoms. The summed E-state index contributed by atoms with van der Waals surface area (Å²) in [6.07, 6.45) is 1.46. The standard InChI is InChI=1S/C13H10N4O2S/c1-8-6-20-12(13-14-7-15-16-13)11(8)9-2-4-10(5-3-9)17(18)19/h2-7H,1H3,(H,14,15,16). The minimum Gasteiger partial charge on any atom is -0.259 e. The molecule has 0 fully saturated rings. The smallest absolute Gasteiger partial charge is 0.259 e. The van der Waals surface area contributed by atoms with Crippen LogP contribution in [0.4, 0.5) is 5.69 Å². The lowest BCUT2D eigenvalue weighted by molar-refractivity contribution is -0.384. The third-order valence-electron chi connectivity index (χ3n) is 2.97. The second-order valence-corrected chi connectivity index (χ2v) is 5.14. The van der Waals surface area contributed by atoms with E-state index in [0.29, 0.717) is 5.82 Å². The predicted octanol–water partition coefficient (Wildman–Crippen LogP) is 3.42. The van der Waals surface area contributed by atoms with Gasteiger partial charge >= 0.3 is 0 Å². The van der Waals surface area contributed by atoms with Crippen molar-refractivity contribution in [3.8, 4) is 21.8 Å². The molecule has 0 radical (unpaired) electrons. The van der Waals surface area contributed by atoms with Crippen LogP contribution in [0.5, 0.6) is 0 Å². The molecule has 0 spiro atoms. The van der Waals surface area contributed by atoms with Crippen molar-refractivity contribution in [2.75, 3.05) is 0 Å². The Bertz CT molecular complexity index is 747. The van der Waals surface area contributed by atoms with Gasteiger partial charge in [-0.25, -0.2) is 4.98 Å². The molecule has 1 aromatic carbocycles. The summed E-state index contributed by atoms with van der Waals surface area (Å²) >= 11 is 1.57. The van der Waals surface area contributed by atoms with Gasteiger partial charge in [-0.15, -0.1) is 11.3 Å². The topological polar surface area (TPSA) is 84.7 Å². The molecule has 3 aromatic rings. The van der Waals surface area contributed by atoms with Crippen LogP contribution in [0.15, 0.2) is 36.0 Å². The Kier molecular flexibility index (Phi) is 3.03. The normalized spacial score (nSPS) is 10.7. The number of nitro benzene ring substituents is 1. The molecular formula is C13H10N4O2S. The van der Waals surface area contributed by atoms with Crippen LogP contribution in [0, 0.1) is 17.0 Å². The first-order valence-electron chi connectivity index (χ1n) is 5.85. The molecule has 0 amide bonds. The number of benzene rings is 1. The van der Waals surface area contributed by atoms with E-state index in [0.717, 1.165) is 21.6 Å². The Labute approximate surface area is 118 Å². The monoisotopic (exact) mass is 286 g/mol. The maximum absolute atomic E-state index is 10.7. The Balaban J connectivity index is 2.10. The van der Waals surface area contributed by atoms with Crippen molar-refractivity contribution in [2.24, 2.45) is 0 Å². The molecule has 0 bridgehead atoms. The van der Waals surface area contributed by atoms with Gasteiger partial charge in [0.15, 0.2) is 5.82 Å². The van der Waals surface area contributed by atoms with E-state index in [2.05, 4.69) is 15.2 Å². The highest BCUT2D eigenvalue weighted by atomic mass is 32.1. The first kappa shape index (κ1) is 12.5. The van der Waals surface area contributed by atoms with Crippen LogP contribution in [0.3, 0.4) is 0 Å². The summed E-state index contributed by atoms with van der Waals surface area (Å²) in [4.78, 5) is 15.5. The summed E-state index contributed by atoms with van der Waals surface area (Å²) in [7, 11) is 0. The second-order valence-electron chi connectivity index (χ2n) is 4.26. The first-order chi connectivity index (χ1) is 9.66. The average Bonchev–Trinajstić information content (AvgIpc) is 3.07. The SMILES string of the molecule is Cc1csc(-c2ncn[nH]2)c1-c1ccc([N+](=O)[O-])cc1. The van der Waals surface area contributed by atoms with Gasteiger partial charge < -0.3 is 0 Å². The van der Waals surface area contributed by atoms with Crippen LogP contribution in [0.25, 0.3) is 21.8 Å². The van der Waals surface area contributed by atoms with Gasteiger partial charge in [0, 0.05) is 17.7 Å². The maximum atomic E-state index is 10.7. The quantitative estimate of drug-likeness (QED) is 0.590. The molecule has 0 unspecified atom stereocenters. The number of non-ortho nitro benzene ring substituents is 1. The number of rotatable bonds is 3. The third kappa shape index (κ3) is 2.08. The van der Waals surface area contributed by atoms with E-state index >= 15 is 0 Å². The predicted molar refractivity (Wildman–Crippen MR) is 76.5 cm³/mol. The van der Waals surface area contributed by atoms with E-state index in [1.54, 1.807) is 23.5 Å². The number of nitrogens with zero attached hydrogens (tertiary/aromatic N) is 3. The molecule has 0 aliphatic rings. The van der Waals surface area contributed by atoms with E-state index in [1.807, 2.05) is 12.3 Å². The average molecular weight is 286 g/mol. The van der Waals surface area contributed by atoms with E-state index in [9.17, 15) is 10.1 Å². The molecule has 3 rings (SSSR count). The minimum atomic E-state index is -0.401. The van der Waals surface area contributed by atoms with Crippen molar-refractivity contribution in [1.82, 2.24) is 15.2 Å². The third-order valence-corrected chi connectivity index (χ3v) is 4.08. The Hall–Kier alpha value is -2.54. The summed E-state index contributed by atoms with van der Waals surface area (Å²) < 4.78 is 0. The minimum absolute atomic E-state index is 0.0860. The fraction of sp³-hybridized carbons (Fsp3) is 0.0769. The summed E-state index contributed by atoms with van der Waals surface area (Å²) in [5.41, 5.74) is 3.15. The molecule has 2 heterocycles. The van der Waals surface area contributed by atoms with Gasteiger partial charge in [0.1, 0.15) is 6.33 Å². The van der Waals surface area contributed by atoms with Crippen molar-refractivity contribution < 1.29 is 4.92 Å². The molecule has 20 heavy (non-hydrogen) atoms. The van der Waals surface area contributed by atoms with Crippen LogP contribution in [0.2, 0.25) is 0 Å². The van der Waals surface area contributed by atoms with Gasteiger partial charge in [-0.05, 0) is 35.6 Å². The van der Waals surface area contributed by atoms with Crippen molar-refractivity contribution >= 4 is 17.0 Å². The molecule has 0 saturated heterocycles. The fourth-order valence-corrected chi connectivity index (χ4v) is 3.06. The Morgan fingerprint density at radius 3 is 2.65 bits per heavy atom. The number of hydrogen-bond acceptors (Lipinski definition) is 5. The summed E-state index contributed by atoms with van der Waals surface area (Å²) in [5, 5.41) is 19.4. The van der Waals surface area contributed by atoms with Crippen molar-refractivity contribution in [2.45, 2.75) is 6.92 Å². The van der Waals surface area contributed by atoms with E-state index in [4.69, 9.17) is 0 Å². The molecule has 0 aliphatic carbocycles. The molecule has 6 nitrogen and oxygen atoms in total. The van der Waals surface area contributed by atoms with Gasteiger partial charge in [0.05, 0.1) is 9.80 Å². The van der Waals surface area contributed by atoms with Gasteiger partial charge in [0.2, 0.25) is 0 Å². The number of nitrogens with one attached hydrogen (secondary N) is 1. The van der Waals surface area contributed by atoms with Crippen LogP contribution in [0.1, 0.15) is 5.56 Å². The first-order valence-corrected chi connectivity index (χ1v) is 6.73. The van der Waals surface area contributed by atoms with Crippen molar-refractivity contribution in [3.63, 3.8) is 0 Å². The lowest BCUT2D eigenvalue weighted by atomic mass is 10.0. The second kappa shape index (κ2) is 4.86. The fourth-order valence-electron chi connectivity index (χ4n) is 2.04. The summed E-state index contributed by atoms with van der Waals surface area (Å²) in [6.45, 7) is 2.01. The zero-order valence-electron chi connectivity index (χ0n) is 10.5. The number of thiophene rings is 1. The van der Waals surface area contributed by atoms with E-state index < -0.39 is 4.92 Å². The van der Waals surface area contributed by atoms with Gasteiger partial charge in [0.25, 0.3) is 5.69 Å². The number of H-pyrrole nitrogens is 1. The van der Waals surface area contributed by atoms with Crippen molar-refractivity contribution in [3.05, 3.63) is 51.7 Å². The zero-order valence-corrected chi connectivity index (χ0v) is 11.3. The number of aromatic amines is 1. The highest BCUT2D eigenvalue weighted by Gasteiger charge is 2.15. The Morgan fingerprint density at radius 1 is 1.30 bits per heavy atom. The van der Waals surface area contributed by atoms with Gasteiger partial charge in [-0.2, -0.15) is 5.10 Å². The van der Waals surface area contributed by atoms with E-state index in [1.165, 1.54) is 18.5 Å². The maximum Gasteiger partial charge on any atom is 0.269 e. The van der Waals surface area contributed by atoms with E-state index in [-0.39, 0.29) is 5.69 Å². The molecule has 0 saturated carbocycles. The Morgan fingerprint density at radius 2 is 2.05 bits per heavy atom. The highest BCUT2D eigenvalue weighted by molar-refractivity contribution is 7.14. The molecule has 2 aromatic heterocycles. The number of hydrogen-bond donors (Lipinski definition) is 1. The van der Waals surface area contributed by atoms with Crippen molar-refractivity contribution in [1.29, 1.82) is 0 Å². The number of aryl methyl sites for hydroxylation is 1. The van der Waals surface area contributed by atoms with Crippen LogP contribution < -0.4 is 0 Å². The van der Waals surface area contributed by atoms with Crippen LogP contribution in [-0.4, -0.2) is 20.1 Å². The lowest BCUT2D eigenvalue weighted by Crippen LogP contribution is -1.88.